The van der Waals surface area contributed by atoms with Crippen LogP contribution in [0.1, 0.15) is 98.8 Å². The SMILES string of the molecule is CCC=CCCOc1c(OCCCCCCCCCC)c(=O)oc2c(OC(C)(C)C)cccc12. The molecule has 0 saturated carbocycles. The molecular weight excluding hydrogens is 428 g/mol. The number of benzene rings is 1. The Balaban J connectivity index is 2.16. The second-order valence-corrected chi connectivity index (χ2v) is 9.74. The Morgan fingerprint density at radius 1 is 0.853 bits per heavy atom. The smallest absolute Gasteiger partial charge is 0.383 e. The van der Waals surface area contributed by atoms with Gasteiger partial charge in [0.15, 0.2) is 17.1 Å². The van der Waals surface area contributed by atoms with Gasteiger partial charge in [0, 0.05) is 0 Å². The topological polar surface area (TPSA) is 57.9 Å². The molecule has 0 radical (unpaired) electrons. The average molecular weight is 473 g/mol. The van der Waals surface area contributed by atoms with Crippen LogP contribution in [0.2, 0.25) is 0 Å². The quantitative estimate of drug-likeness (QED) is 0.140. The van der Waals surface area contributed by atoms with Crippen molar-refractivity contribution in [2.45, 2.75) is 104 Å². The van der Waals surface area contributed by atoms with Gasteiger partial charge in [-0.1, -0.05) is 77.0 Å². The highest BCUT2D eigenvalue weighted by molar-refractivity contribution is 5.89. The summed E-state index contributed by atoms with van der Waals surface area (Å²) in [5.41, 5.74) is -0.568. The third-order valence-electron chi connectivity index (χ3n) is 5.40. The zero-order valence-electron chi connectivity index (χ0n) is 21.9. The lowest BCUT2D eigenvalue weighted by Gasteiger charge is -2.22. The third kappa shape index (κ3) is 9.44. The molecule has 1 aromatic heterocycles. The average Bonchev–Trinajstić information content (AvgIpc) is 2.78. The molecule has 1 aromatic carbocycles. The number of unbranched alkanes of at least 4 members (excludes halogenated alkanes) is 7. The molecule has 0 fully saturated rings. The largest absolute Gasteiger partial charge is 0.488 e. The first-order chi connectivity index (χ1) is 16.4. The van der Waals surface area contributed by atoms with Crippen LogP contribution < -0.4 is 19.8 Å². The molecule has 0 spiro atoms. The van der Waals surface area contributed by atoms with Gasteiger partial charge in [-0.05, 0) is 52.2 Å². The summed E-state index contributed by atoms with van der Waals surface area (Å²) < 4.78 is 23.8. The fourth-order valence-electron chi connectivity index (χ4n) is 3.76. The number of hydrogen-bond donors (Lipinski definition) is 0. The molecule has 0 saturated heterocycles. The minimum Gasteiger partial charge on any atom is -0.488 e. The van der Waals surface area contributed by atoms with Crippen LogP contribution >= 0.6 is 0 Å². The molecule has 34 heavy (non-hydrogen) atoms. The molecule has 0 unspecified atom stereocenters. The lowest BCUT2D eigenvalue weighted by Crippen LogP contribution is -2.23. The van der Waals surface area contributed by atoms with E-state index in [1.165, 1.54) is 38.5 Å². The maximum atomic E-state index is 12.9. The van der Waals surface area contributed by atoms with Gasteiger partial charge in [0.1, 0.15) is 5.60 Å². The Kier molecular flexibility index (Phi) is 12.1. The van der Waals surface area contributed by atoms with Gasteiger partial charge < -0.3 is 18.6 Å². The highest BCUT2D eigenvalue weighted by Crippen LogP contribution is 2.38. The van der Waals surface area contributed by atoms with Gasteiger partial charge in [0.25, 0.3) is 0 Å². The van der Waals surface area contributed by atoms with E-state index in [1.54, 1.807) is 0 Å². The van der Waals surface area contributed by atoms with Gasteiger partial charge in [0.05, 0.1) is 18.6 Å². The molecule has 190 valence electrons. The van der Waals surface area contributed by atoms with Crippen molar-refractivity contribution in [3.63, 3.8) is 0 Å². The molecule has 2 rings (SSSR count). The number of allylic oxidation sites excluding steroid dienone is 1. The van der Waals surface area contributed by atoms with Crippen LogP contribution in [0.5, 0.6) is 17.2 Å². The second-order valence-electron chi connectivity index (χ2n) is 9.74. The molecule has 0 aliphatic heterocycles. The molecule has 0 bridgehead atoms. The van der Waals surface area contributed by atoms with E-state index in [0.717, 1.165) is 25.7 Å². The van der Waals surface area contributed by atoms with Crippen molar-refractivity contribution in [1.82, 2.24) is 0 Å². The van der Waals surface area contributed by atoms with Crippen molar-refractivity contribution in [2.24, 2.45) is 0 Å². The number of rotatable bonds is 16. The maximum Gasteiger partial charge on any atom is 0.383 e. The van der Waals surface area contributed by atoms with Gasteiger partial charge in [0.2, 0.25) is 5.75 Å². The molecule has 5 nitrogen and oxygen atoms in total. The lowest BCUT2D eigenvalue weighted by atomic mass is 10.1. The van der Waals surface area contributed by atoms with Gasteiger partial charge in [-0.3, -0.25) is 0 Å². The molecule has 0 aliphatic carbocycles. The normalized spacial score (nSPS) is 11.9. The number of para-hydroxylation sites is 1. The first kappa shape index (κ1) is 27.8. The molecule has 0 N–H and O–H groups in total. The number of fused-ring (bicyclic) bond motifs is 1. The number of ether oxygens (including phenoxy) is 3. The molecule has 5 heteroatoms. The third-order valence-corrected chi connectivity index (χ3v) is 5.40. The second kappa shape index (κ2) is 14.7. The van der Waals surface area contributed by atoms with Gasteiger partial charge in [-0.25, -0.2) is 4.79 Å². The predicted molar refractivity (Wildman–Crippen MR) is 141 cm³/mol. The maximum absolute atomic E-state index is 12.9. The Morgan fingerprint density at radius 2 is 1.53 bits per heavy atom. The summed E-state index contributed by atoms with van der Waals surface area (Å²) in [7, 11) is 0. The van der Waals surface area contributed by atoms with E-state index < -0.39 is 11.2 Å². The minimum atomic E-state index is -0.531. The molecule has 0 aliphatic rings. The van der Waals surface area contributed by atoms with Crippen LogP contribution in [0, 0.1) is 0 Å². The molecule has 0 atom stereocenters. The van der Waals surface area contributed by atoms with E-state index in [9.17, 15) is 4.79 Å². The van der Waals surface area contributed by atoms with E-state index in [-0.39, 0.29) is 5.75 Å². The summed E-state index contributed by atoms with van der Waals surface area (Å²) in [5, 5.41) is 0.687. The molecule has 1 heterocycles. The highest BCUT2D eigenvalue weighted by Gasteiger charge is 2.22. The molecule has 0 amide bonds. The van der Waals surface area contributed by atoms with Crippen molar-refractivity contribution < 1.29 is 18.6 Å². The minimum absolute atomic E-state index is 0.155. The van der Waals surface area contributed by atoms with Crippen molar-refractivity contribution in [3.05, 3.63) is 40.8 Å². The number of hydrogen-bond acceptors (Lipinski definition) is 5. The van der Waals surface area contributed by atoms with Gasteiger partial charge in [-0.2, -0.15) is 0 Å². The van der Waals surface area contributed by atoms with Crippen LogP contribution in [0.3, 0.4) is 0 Å². The molecule has 2 aromatic rings. The van der Waals surface area contributed by atoms with Crippen molar-refractivity contribution >= 4 is 11.0 Å². The Labute approximate surface area is 205 Å². The van der Waals surface area contributed by atoms with E-state index in [4.69, 9.17) is 18.6 Å². The fourth-order valence-corrected chi connectivity index (χ4v) is 3.76. The van der Waals surface area contributed by atoms with Crippen LogP contribution in [0.15, 0.2) is 39.6 Å². The van der Waals surface area contributed by atoms with Crippen LogP contribution in [0.4, 0.5) is 0 Å². The standard InChI is InChI=1S/C29H44O5/c1-6-8-10-12-13-14-15-17-22-32-27-26(31-21-16-11-9-7-2)23-19-18-20-24(34-29(3,4)5)25(23)33-28(27)30/h9,11,18-20H,6-8,10,12-17,21-22H2,1-5H3. The van der Waals surface area contributed by atoms with Crippen LogP contribution in [-0.4, -0.2) is 18.8 Å². The van der Waals surface area contributed by atoms with Crippen molar-refractivity contribution in [2.75, 3.05) is 13.2 Å². The zero-order chi connectivity index (χ0) is 24.8. The monoisotopic (exact) mass is 472 g/mol. The van der Waals surface area contributed by atoms with Crippen LogP contribution in [0.25, 0.3) is 11.0 Å². The van der Waals surface area contributed by atoms with Gasteiger partial charge >= 0.3 is 5.63 Å². The molecular formula is C29H44O5. The summed E-state index contributed by atoms with van der Waals surface area (Å²) in [5.74, 6) is 1.12. The van der Waals surface area contributed by atoms with E-state index in [1.807, 2.05) is 39.0 Å². The van der Waals surface area contributed by atoms with Crippen LogP contribution in [-0.2, 0) is 0 Å². The summed E-state index contributed by atoms with van der Waals surface area (Å²) in [6.45, 7) is 11.1. The van der Waals surface area contributed by atoms with Crippen molar-refractivity contribution in [3.8, 4) is 17.2 Å². The first-order valence-corrected chi connectivity index (χ1v) is 13.1. The highest BCUT2D eigenvalue weighted by atomic mass is 16.5. The summed E-state index contributed by atoms with van der Waals surface area (Å²) in [6.07, 6.45) is 15.6. The first-order valence-electron chi connectivity index (χ1n) is 13.1. The Hall–Kier alpha value is -2.43. The fraction of sp³-hybridized carbons (Fsp3) is 0.621. The summed E-state index contributed by atoms with van der Waals surface area (Å²) >= 11 is 0. The van der Waals surface area contributed by atoms with E-state index in [0.29, 0.717) is 35.7 Å². The zero-order valence-corrected chi connectivity index (χ0v) is 21.9. The summed E-state index contributed by atoms with van der Waals surface area (Å²) in [4.78, 5) is 12.9. The predicted octanol–water partition coefficient (Wildman–Crippen LogP) is 8.22. The van der Waals surface area contributed by atoms with E-state index >= 15 is 0 Å². The van der Waals surface area contributed by atoms with E-state index in [2.05, 4.69) is 26.0 Å². The van der Waals surface area contributed by atoms with Crippen molar-refractivity contribution in [1.29, 1.82) is 0 Å². The lowest BCUT2D eigenvalue weighted by molar-refractivity contribution is 0.131. The van der Waals surface area contributed by atoms with Gasteiger partial charge in [-0.15, -0.1) is 0 Å². The Morgan fingerprint density at radius 3 is 2.21 bits per heavy atom. The summed E-state index contributed by atoms with van der Waals surface area (Å²) in [6, 6.07) is 5.58. The Bertz CT molecular complexity index is 936.